The van der Waals surface area contributed by atoms with Crippen LogP contribution in [0.15, 0.2) is 0 Å². The van der Waals surface area contributed by atoms with Gasteiger partial charge < -0.3 is 4.74 Å². The topological polar surface area (TPSA) is 26.3 Å². The molecule has 0 aromatic heterocycles. The fraction of sp³-hybridized carbons (Fsp3) is 0.900. The molecule has 0 aromatic carbocycles. The summed E-state index contributed by atoms with van der Waals surface area (Å²) >= 11 is 3.15. The first-order valence-electron chi connectivity index (χ1n) is 4.88. The van der Waals surface area contributed by atoms with Gasteiger partial charge in [-0.1, -0.05) is 35.2 Å². The molecule has 2 nitrogen and oxygen atoms in total. The molecular weight excluding hydrogens is 232 g/mol. The molecule has 0 aliphatic carbocycles. The number of unbranched alkanes of at least 4 members (excludes halogenated alkanes) is 4. The van der Waals surface area contributed by atoms with Crippen molar-refractivity contribution in [3.8, 4) is 0 Å². The van der Waals surface area contributed by atoms with Crippen molar-refractivity contribution in [2.24, 2.45) is 0 Å². The van der Waals surface area contributed by atoms with E-state index in [1.54, 1.807) is 7.11 Å². The van der Waals surface area contributed by atoms with Gasteiger partial charge in [-0.05, 0) is 12.8 Å². The monoisotopic (exact) mass is 250 g/mol. The normalized spacial score (nSPS) is 10.3. The molecule has 0 aromatic rings. The molecule has 0 rings (SSSR count). The van der Waals surface area contributed by atoms with Crippen molar-refractivity contribution < 1.29 is 9.53 Å². The van der Waals surface area contributed by atoms with E-state index in [-0.39, 0.29) is 0 Å². The highest BCUT2D eigenvalue weighted by atomic mass is 79.9. The molecule has 0 aliphatic heterocycles. The first kappa shape index (κ1) is 13.1. The lowest BCUT2D eigenvalue weighted by Crippen LogP contribution is -1.97. The average molecular weight is 251 g/mol. The van der Waals surface area contributed by atoms with E-state index in [9.17, 15) is 4.79 Å². The molecule has 0 amide bonds. The second kappa shape index (κ2) is 10.2. The molecule has 13 heavy (non-hydrogen) atoms. The van der Waals surface area contributed by atoms with E-state index >= 15 is 0 Å². The Balaban J connectivity index is 2.95. The summed E-state index contributed by atoms with van der Waals surface area (Å²) in [6.07, 6.45) is 6.52. The van der Waals surface area contributed by atoms with Gasteiger partial charge in [-0.3, -0.25) is 4.79 Å². The van der Waals surface area contributed by atoms with Crippen LogP contribution in [0.1, 0.15) is 38.5 Å². The fourth-order valence-electron chi connectivity index (χ4n) is 1.17. The molecule has 0 bridgehead atoms. The van der Waals surface area contributed by atoms with Gasteiger partial charge in [0.15, 0.2) is 0 Å². The van der Waals surface area contributed by atoms with E-state index < -0.39 is 0 Å². The average Bonchev–Trinajstić information content (AvgIpc) is 2.16. The Bertz CT molecular complexity index is 126. The third-order valence-corrected chi connectivity index (χ3v) is 2.58. The molecule has 0 spiro atoms. The Morgan fingerprint density at radius 3 is 2.38 bits per heavy atom. The highest BCUT2D eigenvalue weighted by Gasteiger charge is 1.97. The van der Waals surface area contributed by atoms with Crippen LogP contribution in [0.3, 0.4) is 0 Å². The molecule has 0 N–H and O–H groups in total. The summed E-state index contributed by atoms with van der Waals surface area (Å²) in [5.41, 5.74) is 0. The molecule has 0 saturated heterocycles. The van der Waals surface area contributed by atoms with Crippen LogP contribution in [0.25, 0.3) is 0 Å². The maximum absolute atomic E-state index is 10.9. The number of carbonyl (C=O) groups excluding carboxylic acids is 1. The standard InChI is InChI=1S/C10H19BrO2/c1-13-8-6-4-2-3-5-7-10(12)9-11/h2-9H2,1H3. The zero-order valence-electron chi connectivity index (χ0n) is 8.35. The number of ether oxygens (including phenoxy) is 1. The van der Waals surface area contributed by atoms with Gasteiger partial charge >= 0.3 is 0 Å². The Hall–Kier alpha value is 0.110. The second-order valence-electron chi connectivity index (χ2n) is 3.18. The van der Waals surface area contributed by atoms with Crippen LogP contribution in [0.4, 0.5) is 0 Å². The van der Waals surface area contributed by atoms with E-state index in [1.165, 1.54) is 19.3 Å². The van der Waals surface area contributed by atoms with Crippen LogP contribution in [-0.2, 0) is 9.53 Å². The molecule has 0 saturated carbocycles. The van der Waals surface area contributed by atoms with E-state index in [1.807, 2.05) is 0 Å². The van der Waals surface area contributed by atoms with Crippen molar-refractivity contribution in [2.45, 2.75) is 38.5 Å². The predicted octanol–water partition coefficient (Wildman–Crippen LogP) is 2.94. The first-order chi connectivity index (χ1) is 6.31. The molecule has 0 aliphatic rings. The van der Waals surface area contributed by atoms with Gasteiger partial charge in [0.25, 0.3) is 0 Å². The van der Waals surface area contributed by atoms with Gasteiger partial charge in [-0.25, -0.2) is 0 Å². The number of methoxy groups -OCH3 is 1. The minimum atomic E-state index is 0.317. The first-order valence-corrected chi connectivity index (χ1v) is 6.00. The van der Waals surface area contributed by atoms with Crippen molar-refractivity contribution in [3.05, 3.63) is 0 Å². The minimum absolute atomic E-state index is 0.317. The van der Waals surface area contributed by atoms with Crippen LogP contribution in [0.2, 0.25) is 0 Å². The lowest BCUT2D eigenvalue weighted by molar-refractivity contribution is -0.116. The Kier molecular flexibility index (Phi) is 10.3. The Morgan fingerprint density at radius 2 is 1.77 bits per heavy atom. The molecule has 3 heteroatoms. The van der Waals surface area contributed by atoms with Gasteiger partial charge in [-0.15, -0.1) is 0 Å². The van der Waals surface area contributed by atoms with Crippen molar-refractivity contribution in [2.75, 3.05) is 19.0 Å². The molecule has 0 fully saturated rings. The van der Waals surface area contributed by atoms with E-state index in [0.717, 1.165) is 25.9 Å². The summed E-state index contributed by atoms with van der Waals surface area (Å²) < 4.78 is 4.94. The fourth-order valence-corrected chi connectivity index (χ4v) is 1.45. The summed E-state index contributed by atoms with van der Waals surface area (Å²) in [5, 5.41) is 0.511. The minimum Gasteiger partial charge on any atom is -0.385 e. The maximum atomic E-state index is 10.9. The molecule has 0 heterocycles. The van der Waals surface area contributed by atoms with Gasteiger partial charge in [0.2, 0.25) is 0 Å². The number of hydrogen-bond donors (Lipinski definition) is 0. The van der Waals surface area contributed by atoms with Crippen LogP contribution < -0.4 is 0 Å². The van der Waals surface area contributed by atoms with Crippen molar-refractivity contribution >= 4 is 21.7 Å². The summed E-state index contributed by atoms with van der Waals surface area (Å²) in [6, 6.07) is 0. The van der Waals surface area contributed by atoms with E-state index in [0.29, 0.717) is 11.1 Å². The smallest absolute Gasteiger partial charge is 0.143 e. The van der Waals surface area contributed by atoms with E-state index in [2.05, 4.69) is 15.9 Å². The maximum Gasteiger partial charge on any atom is 0.143 e. The Labute approximate surface area is 89.2 Å². The molecular formula is C10H19BrO2. The van der Waals surface area contributed by atoms with Gasteiger partial charge in [0.1, 0.15) is 5.78 Å². The summed E-state index contributed by atoms with van der Waals surface area (Å²) in [6.45, 7) is 0.861. The number of ketones is 1. The van der Waals surface area contributed by atoms with Crippen LogP contribution in [0, 0.1) is 0 Å². The summed E-state index contributed by atoms with van der Waals surface area (Å²) in [7, 11) is 1.73. The van der Waals surface area contributed by atoms with Crippen molar-refractivity contribution in [1.82, 2.24) is 0 Å². The summed E-state index contributed by atoms with van der Waals surface area (Å²) in [4.78, 5) is 10.9. The quantitative estimate of drug-likeness (QED) is 0.465. The third kappa shape index (κ3) is 10.0. The highest BCUT2D eigenvalue weighted by molar-refractivity contribution is 9.09. The predicted molar refractivity (Wildman–Crippen MR) is 58.4 cm³/mol. The number of hydrogen-bond acceptors (Lipinski definition) is 2. The van der Waals surface area contributed by atoms with Crippen molar-refractivity contribution in [1.29, 1.82) is 0 Å². The van der Waals surface area contributed by atoms with Crippen LogP contribution in [0.5, 0.6) is 0 Å². The van der Waals surface area contributed by atoms with Gasteiger partial charge in [0.05, 0.1) is 5.33 Å². The zero-order chi connectivity index (χ0) is 9.94. The Morgan fingerprint density at radius 1 is 1.15 bits per heavy atom. The van der Waals surface area contributed by atoms with Crippen LogP contribution in [-0.4, -0.2) is 24.8 Å². The SMILES string of the molecule is COCCCCCCCC(=O)CBr. The molecule has 0 radical (unpaired) electrons. The van der Waals surface area contributed by atoms with E-state index in [4.69, 9.17) is 4.74 Å². The lowest BCUT2D eigenvalue weighted by Gasteiger charge is -2.00. The number of halogens is 1. The largest absolute Gasteiger partial charge is 0.385 e. The highest BCUT2D eigenvalue weighted by Crippen LogP contribution is 2.06. The third-order valence-electron chi connectivity index (χ3n) is 1.95. The number of rotatable bonds is 9. The van der Waals surface area contributed by atoms with Crippen LogP contribution >= 0.6 is 15.9 Å². The lowest BCUT2D eigenvalue weighted by atomic mass is 10.1. The van der Waals surface area contributed by atoms with Crippen molar-refractivity contribution in [3.63, 3.8) is 0 Å². The molecule has 0 unspecified atom stereocenters. The number of alkyl halides is 1. The summed E-state index contributed by atoms with van der Waals surface area (Å²) in [5.74, 6) is 0.317. The van der Waals surface area contributed by atoms with Gasteiger partial charge in [-0.2, -0.15) is 0 Å². The second-order valence-corrected chi connectivity index (χ2v) is 3.74. The number of Topliss-reactive ketones (excluding diaryl/α,β-unsaturated/α-hetero) is 1. The zero-order valence-corrected chi connectivity index (χ0v) is 9.94. The molecule has 0 atom stereocenters. The molecule has 78 valence electrons. The van der Waals surface area contributed by atoms with Gasteiger partial charge in [0, 0.05) is 20.1 Å². The number of carbonyl (C=O) groups is 1.